The van der Waals surface area contributed by atoms with Crippen LogP contribution < -0.4 is 10.6 Å². The highest BCUT2D eigenvalue weighted by atomic mass is 16.4. The molecule has 1 aromatic carbocycles. The third kappa shape index (κ3) is 2.65. The zero-order chi connectivity index (χ0) is 15.0. The number of carboxylic acids is 1. The number of carboxylic acid groups (broad SMARTS) is 1. The average Bonchev–Trinajstić information content (AvgIpc) is 3.31. The molecule has 21 heavy (non-hydrogen) atoms. The van der Waals surface area contributed by atoms with Crippen molar-refractivity contribution in [3.8, 4) is 0 Å². The van der Waals surface area contributed by atoms with Gasteiger partial charge in [0.2, 0.25) is 5.91 Å². The lowest BCUT2D eigenvalue weighted by Crippen LogP contribution is -2.59. The molecule has 5 nitrogen and oxygen atoms in total. The third-order valence-electron chi connectivity index (χ3n) is 4.62. The van der Waals surface area contributed by atoms with E-state index in [0.717, 1.165) is 18.4 Å². The van der Waals surface area contributed by atoms with E-state index in [4.69, 9.17) is 0 Å². The van der Waals surface area contributed by atoms with Crippen molar-refractivity contribution in [2.24, 2.45) is 5.92 Å². The van der Waals surface area contributed by atoms with Crippen molar-refractivity contribution < 1.29 is 14.7 Å². The summed E-state index contributed by atoms with van der Waals surface area (Å²) in [5, 5.41) is 15.4. The molecule has 3 rings (SSSR count). The fourth-order valence-electron chi connectivity index (χ4n) is 2.97. The zero-order valence-electron chi connectivity index (χ0n) is 12.1. The summed E-state index contributed by atoms with van der Waals surface area (Å²) in [6.45, 7) is 2.25. The predicted octanol–water partition coefficient (Wildman–Crippen LogP) is 1.07. The Labute approximate surface area is 123 Å². The van der Waals surface area contributed by atoms with Gasteiger partial charge in [0.05, 0.1) is 6.04 Å². The normalized spacial score (nSPS) is 23.8. The van der Waals surface area contributed by atoms with Crippen LogP contribution in [0.3, 0.4) is 0 Å². The van der Waals surface area contributed by atoms with Gasteiger partial charge < -0.3 is 15.7 Å². The molecule has 0 spiro atoms. The minimum Gasteiger partial charge on any atom is -0.480 e. The lowest BCUT2D eigenvalue weighted by Gasteiger charge is -2.31. The largest absolute Gasteiger partial charge is 0.480 e. The van der Waals surface area contributed by atoms with E-state index in [9.17, 15) is 14.7 Å². The van der Waals surface area contributed by atoms with Crippen LogP contribution in [-0.4, -0.2) is 28.6 Å². The van der Waals surface area contributed by atoms with Crippen LogP contribution in [0.1, 0.15) is 30.9 Å². The number of aliphatic carboxylic acids is 1. The summed E-state index contributed by atoms with van der Waals surface area (Å²) in [5.74, 6) is -1.12. The first-order valence-electron chi connectivity index (χ1n) is 7.36. The Morgan fingerprint density at radius 3 is 2.57 bits per heavy atom. The molecule has 0 saturated heterocycles. The number of nitrogens with one attached hydrogen (secondary N) is 2. The molecule has 3 N–H and O–H groups in total. The van der Waals surface area contributed by atoms with E-state index in [1.54, 1.807) is 6.92 Å². The van der Waals surface area contributed by atoms with Crippen LogP contribution in [0, 0.1) is 5.92 Å². The zero-order valence-corrected chi connectivity index (χ0v) is 12.1. The summed E-state index contributed by atoms with van der Waals surface area (Å²) >= 11 is 0. The van der Waals surface area contributed by atoms with Crippen LogP contribution in [0.15, 0.2) is 24.3 Å². The minimum absolute atomic E-state index is 0.0508. The van der Waals surface area contributed by atoms with Crippen molar-refractivity contribution in [2.45, 2.75) is 44.3 Å². The van der Waals surface area contributed by atoms with Crippen molar-refractivity contribution >= 4 is 11.9 Å². The smallest absolute Gasteiger partial charge is 0.329 e. The molecule has 1 aliphatic heterocycles. The monoisotopic (exact) mass is 288 g/mol. The van der Waals surface area contributed by atoms with E-state index in [2.05, 4.69) is 10.6 Å². The molecule has 0 bridgehead atoms. The molecular weight excluding hydrogens is 268 g/mol. The lowest BCUT2D eigenvalue weighted by atomic mass is 9.92. The predicted molar refractivity (Wildman–Crippen MR) is 77.7 cm³/mol. The average molecular weight is 288 g/mol. The molecule has 1 unspecified atom stereocenters. The second-order valence-electron chi connectivity index (χ2n) is 6.18. The highest BCUT2D eigenvalue weighted by molar-refractivity contribution is 5.90. The standard InChI is InChI=1S/C16H20N2O3/c1-16(15(20)21,12-6-7-12)18-14(19)13-8-10-4-2-3-5-11(10)9-17-13/h2-5,12-13,17H,6-9H2,1H3,(H,18,19)(H,20,21)/t13-,16?/m1/s1. The number of benzene rings is 1. The van der Waals surface area contributed by atoms with Gasteiger partial charge in [0, 0.05) is 6.54 Å². The molecule has 1 aliphatic carbocycles. The molecule has 1 heterocycles. The molecule has 1 aromatic rings. The Morgan fingerprint density at radius 2 is 1.95 bits per heavy atom. The number of fused-ring (bicyclic) bond motifs is 1. The fraction of sp³-hybridized carbons (Fsp3) is 0.500. The second kappa shape index (κ2) is 5.15. The highest BCUT2D eigenvalue weighted by Crippen LogP contribution is 2.39. The molecule has 2 aliphatic rings. The SMILES string of the molecule is CC(NC(=O)[C@H]1Cc2ccccc2CN1)(C(=O)O)C1CC1. The van der Waals surface area contributed by atoms with Crippen molar-refractivity contribution in [3.63, 3.8) is 0 Å². The van der Waals surface area contributed by atoms with Gasteiger partial charge in [-0.15, -0.1) is 0 Å². The Kier molecular flexibility index (Phi) is 3.45. The second-order valence-corrected chi connectivity index (χ2v) is 6.18. The van der Waals surface area contributed by atoms with Gasteiger partial charge in [0.25, 0.3) is 0 Å². The number of carbonyl (C=O) groups excluding carboxylic acids is 1. The van der Waals surface area contributed by atoms with E-state index in [1.165, 1.54) is 5.56 Å². The van der Waals surface area contributed by atoms with Gasteiger partial charge in [-0.25, -0.2) is 4.79 Å². The van der Waals surface area contributed by atoms with Crippen molar-refractivity contribution in [3.05, 3.63) is 35.4 Å². The van der Waals surface area contributed by atoms with E-state index >= 15 is 0 Å². The van der Waals surface area contributed by atoms with Crippen LogP contribution in [0.2, 0.25) is 0 Å². The summed E-state index contributed by atoms with van der Waals surface area (Å²) in [6.07, 6.45) is 2.33. The van der Waals surface area contributed by atoms with E-state index in [-0.39, 0.29) is 17.9 Å². The number of amides is 1. The van der Waals surface area contributed by atoms with E-state index in [1.807, 2.05) is 24.3 Å². The number of hydrogen-bond donors (Lipinski definition) is 3. The maximum atomic E-state index is 12.4. The molecule has 2 atom stereocenters. The third-order valence-corrected chi connectivity index (χ3v) is 4.62. The van der Waals surface area contributed by atoms with Gasteiger partial charge in [-0.3, -0.25) is 4.79 Å². The molecule has 1 saturated carbocycles. The summed E-state index contributed by atoms with van der Waals surface area (Å²) in [7, 11) is 0. The lowest BCUT2D eigenvalue weighted by molar-refractivity contribution is -0.148. The maximum Gasteiger partial charge on any atom is 0.329 e. The first-order valence-corrected chi connectivity index (χ1v) is 7.36. The van der Waals surface area contributed by atoms with Crippen LogP contribution in [0.4, 0.5) is 0 Å². The summed E-state index contributed by atoms with van der Waals surface area (Å²) in [6, 6.07) is 7.65. The molecule has 1 fully saturated rings. The Balaban J connectivity index is 1.71. The van der Waals surface area contributed by atoms with Gasteiger partial charge in [-0.05, 0) is 43.2 Å². The Bertz CT molecular complexity index is 583. The Hall–Kier alpha value is -1.88. The molecule has 112 valence electrons. The minimum atomic E-state index is -1.14. The number of hydrogen-bond acceptors (Lipinski definition) is 3. The summed E-state index contributed by atoms with van der Waals surface area (Å²) in [4.78, 5) is 23.9. The number of carbonyl (C=O) groups is 2. The molecule has 0 radical (unpaired) electrons. The first kappa shape index (κ1) is 14.1. The molecule has 0 aromatic heterocycles. The van der Waals surface area contributed by atoms with Crippen LogP contribution in [0.5, 0.6) is 0 Å². The van der Waals surface area contributed by atoms with E-state index < -0.39 is 11.5 Å². The Morgan fingerprint density at radius 1 is 1.29 bits per heavy atom. The highest BCUT2D eigenvalue weighted by Gasteiger charge is 2.49. The molecule has 5 heteroatoms. The van der Waals surface area contributed by atoms with Crippen LogP contribution in [-0.2, 0) is 22.6 Å². The maximum absolute atomic E-state index is 12.4. The fourth-order valence-corrected chi connectivity index (χ4v) is 2.97. The molecular formula is C16H20N2O3. The van der Waals surface area contributed by atoms with Crippen molar-refractivity contribution in [1.82, 2.24) is 10.6 Å². The summed E-state index contributed by atoms with van der Waals surface area (Å²) in [5.41, 5.74) is 1.21. The van der Waals surface area contributed by atoms with Crippen molar-refractivity contribution in [1.29, 1.82) is 0 Å². The van der Waals surface area contributed by atoms with Gasteiger partial charge in [0.15, 0.2) is 0 Å². The topological polar surface area (TPSA) is 78.4 Å². The quantitative estimate of drug-likeness (QED) is 0.774. The summed E-state index contributed by atoms with van der Waals surface area (Å²) < 4.78 is 0. The van der Waals surface area contributed by atoms with Crippen molar-refractivity contribution in [2.75, 3.05) is 0 Å². The van der Waals surface area contributed by atoms with Crippen LogP contribution >= 0.6 is 0 Å². The first-order chi connectivity index (χ1) is 10.0. The molecule has 1 amide bonds. The van der Waals surface area contributed by atoms with Gasteiger partial charge >= 0.3 is 5.97 Å². The van der Waals surface area contributed by atoms with Gasteiger partial charge in [-0.2, -0.15) is 0 Å². The van der Waals surface area contributed by atoms with E-state index in [0.29, 0.717) is 13.0 Å². The van der Waals surface area contributed by atoms with Gasteiger partial charge in [-0.1, -0.05) is 24.3 Å². The van der Waals surface area contributed by atoms with Gasteiger partial charge in [0.1, 0.15) is 5.54 Å². The number of rotatable bonds is 4. The van der Waals surface area contributed by atoms with Crippen LogP contribution in [0.25, 0.3) is 0 Å².